The maximum absolute atomic E-state index is 12.0. The van der Waals surface area contributed by atoms with E-state index in [2.05, 4.69) is 5.10 Å². The van der Waals surface area contributed by atoms with Crippen LogP contribution in [0.3, 0.4) is 0 Å². The van der Waals surface area contributed by atoms with Gasteiger partial charge < -0.3 is 14.6 Å². The fraction of sp³-hybridized carbons (Fsp3) is 0.444. The van der Waals surface area contributed by atoms with Crippen molar-refractivity contribution in [1.29, 1.82) is 0 Å². The van der Waals surface area contributed by atoms with E-state index in [4.69, 9.17) is 9.47 Å². The molecule has 0 amide bonds. The predicted molar refractivity (Wildman–Crippen MR) is 89.6 cm³/mol. The van der Waals surface area contributed by atoms with Crippen LogP contribution in [0.2, 0.25) is 0 Å². The standard InChI is InChI=1S/C18H22N2O4/c1-2-23-15-6-8-16(9-7-15)24-12-14(21)11-20-18(22)10-13-4-3-5-17(13)19-20/h6-10,14,21H,2-5,11-12H2,1H3. The lowest BCUT2D eigenvalue weighted by molar-refractivity contribution is 0.0877. The second-order valence-electron chi connectivity index (χ2n) is 5.86. The zero-order chi connectivity index (χ0) is 16.9. The molecule has 0 aliphatic heterocycles. The van der Waals surface area contributed by atoms with E-state index in [9.17, 15) is 9.90 Å². The topological polar surface area (TPSA) is 73.6 Å². The molecule has 0 saturated heterocycles. The highest BCUT2D eigenvalue weighted by atomic mass is 16.5. The van der Waals surface area contributed by atoms with Crippen molar-refractivity contribution in [2.24, 2.45) is 0 Å². The van der Waals surface area contributed by atoms with Gasteiger partial charge >= 0.3 is 0 Å². The fourth-order valence-corrected chi connectivity index (χ4v) is 2.81. The van der Waals surface area contributed by atoms with E-state index < -0.39 is 6.10 Å². The number of hydrogen-bond donors (Lipinski definition) is 1. The molecule has 24 heavy (non-hydrogen) atoms. The first-order valence-corrected chi connectivity index (χ1v) is 8.29. The SMILES string of the molecule is CCOc1ccc(OCC(O)Cn2nc3c(cc2=O)CCC3)cc1. The lowest BCUT2D eigenvalue weighted by Crippen LogP contribution is -2.32. The number of benzene rings is 1. The number of aryl methyl sites for hydroxylation is 2. The average molecular weight is 330 g/mol. The Morgan fingerprint density at radius 3 is 2.62 bits per heavy atom. The number of aromatic nitrogens is 2. The van der Waals surface area contributed by atoms with E-state index in [1.165, 1.54) is 4.68 Å². The minimum absolute atomic E-state index is 0.0964. The number of ether oxygens (including phenoxy) is 2. The van der Waals surface area contributed by atoms with E-state index in [0.29, 0.717) is 12.4 Å². The molecule has 1 aliphatic carbocycles. The summed E-state index contributed by atoms with van der Waals surface area (Å²) < 4.78 is 12.3. The highest BCUT2D eigenvalue weighted by molar-refractivity contribution is 5.31. The van der Waals surface area contributed by atoms with Crippen LogP contribution >= 0.6 is 0 Å². The van der Waals surface area contributed by atoms with Crippen LogP contribution in [0.25, 0.3) is 0 Å². The molecule has 0 radical (unpaired) electrons. The van der Waals surface area contributed by atoms with Crippen molar-refractivity contribution in [2.45, 2.75) is 38.8 Å². The molecule has 0 bridgehead atoms. The Morgan fingerprint density at radius 1 is 1.21 bits per heavy atom. The molecule has 1 aliphatic rings. The van der Waals surface area contributed by atoms with Gasteiger partial charge in [-0.3, -0.25) is 4.79 Å². The smallest absolute Gasteiger partial charge is 0.267 e. The summed E-state index contributed by atoms with van der Waals surface area (Å²) in [5.41, 5.74) is 1.83. The molecule has 1 aromatic heterocycles. The molecule has 3 rings (SSSR count). The molecule has 1 unspecified atom stereocenters. The van der Waals surface area contributed by atoms with Gasteiger partial charge in [-0.05, 0) is 56.0 Å². The number of rotatable bonds is 7. The van der Waals surface area contributed by atoms with Crippen LogP contribution in [0, 0.1) is 0 Å². The third kappa shape index (κ3) is 3.94. The molecular weight excluding hydrogens is 308 g/mol. The van der Waals surface area contributed by atoms with Gasteiger partial charge in [0.1, 0.15) is 24.2 Å². The monoisotopic (exact) mass is 330 g/mol. The van der Waals surface area contributed by atoms with Crippen LogP contribution in [0.15, 0.2) is 35.1 Å². The number of hydrogen-bond acceptors (Lipinski definition) is 5. The lowest BCUT2D eigenvalue weighted by atomic mass is 10.2. The van der Waals surface area contributed by atoms with E-state index in [1.807, 2.05) is 19.1 Å². The van der Waals surface area contributed by atoms with Gasteiger partial charge in [0.15, 0.2) is 0 Å². The number of fused-ring (bicyclic) bond motifs is 1. The summed E-state index contributed by atoms with van der Waals surface area (Å²) in [5, 5.41) is 14.5. The summed E-state index contributed by atoms with van der Waals surface area (Å²) in [6.07, 6.45) is 2.05. The summed E-state index contributed by atoms with van der Waals surface area (Å²) >= 11 is 0. The van der Waals surface area contributed by atoms with Crippen molar-refractivity contribution >= 4 is 0 Å². The number of nitrogens with zero attached hydrogens (tertiary/aromatic N) is 2. The van der Waals surface area contributed by atoms with E-state index in [-0.39, 0.29) is 18.7 Å². The average Bonchev–Trinajstić information content (AvgIpc) is 3.02. The predicted octanol–water partition coefficient (Wildman–Crippen LogP) is 1.57. The zero-order valence-corrected chi connectivity index (χ0v) is 13.8. The van der Waals surface area contributed by atoms with Gasteiger partial charge in [0.2, 0.25) is 0 Å². The molecule has 1 aromatic carbocycles. The van der Waals surface area contributed by atoms with Crippen molar-refractivity contribution in [2.75, 3.05) is 13.2 Å². The van der Waals surface area contributed by atoms with Gasteiger partial charge in [-0.15, -0.1) is 0 Å². The molecule has 128 valence electrons. The molecular formula is C18H22N2O4. The second-order valence-corrected chi connectivity index (χ2v) is 5.86. The molecule has 2 aromatic rings. The summed E-state index contributed by atoms with van der Waals surface area (Å²) in [4.78, 5) is 12.0. The highest BCUT2D eigenvalue weighted by Gasteiger charge is 2.16. The fourth-order valence-electron chi connectivity index (χ4n) is 2.81. The van der Waals surface area contributed by atoms with Gasteiger partial charge in [-0.1, -0.05) is 0 Å². The van der Waals surface area contributed by atoms with Crippen molar-refractivity contribution in [3.8, 4) is 11.5 Å². The second kappa shape index (κ2) is 7.49. The van der Waals surface area contributed by atoms with E-state index in [1.54, 1.807) is 18.2 Å². The first-order valence-electron chi connectivity index (χ1n) is 8.29. The Hall–Kier alpha value is -2.34. The molecule has 1 atom stereocenters. The first kappa shape index (κ1) is 16.5. The molecule has 6 nitrogen and oxygen atoms in total. The third-order valence-corrected chi connectivity index (χ3v) is 3.98. The molecule has 6 heteroatoms. The Morgan fingerprint density at radius 2 is 1.92 bits per heavy atom. The molecule has 1 N–H and O–H groups in total. The largest absolute Gasteiger partial charge is 0.494 e. The van der Waals surface area contributed by atoms with Crippen LogP contribution in [-0.4, -0.2) is 34.2 Å². The Labute approximate surface area is 140 Å². The normalized spacial score (nSPS) is 14.2. The maximum Gasteiger partial charge on any atom is 0.267 e. The Balaban J connectivity index is 1.56. The van der Waals surface area contributed by atoms with Crippen molar-refractivity contribution in [1.82, 2.24) is 9.78 Å². The minimum atomic E-state index is -0.804. The summed E-state index contributed by atoms with van der Waals surface area (Å²) in [5.74, 6) is 1.42. The zero-order valence-electron chi connectivity index (χ0n) is 13.8. The summed E-state index contributed by atoms with van der Waals surface area (Å²) in [6, 6.07) is 8.85. The van der Waals surface area contributed by atoms with Crippen LogP contribution in [0.1, 0.15) is 24.6 Å². The van der Waals surface area contributed by atoms with Crippen LogP contribution in [0.5, 0.6) is 11.5 Å². The Kier molecular flexibility index (Phi) is 5.15. The summed E-state index contributed by atoms with van der Waals surface area (Å²) in [6.45, 7) is 2.76. The van der Waals surface area contributed by atoms with Gasteiger partial charge in [-0.25, -0.2) is 4.68 Å². The van der Waals surface area contributed by atoms with E-state index in [0.717, 1.165) is 36.3 Å². The quantitative estimate of drug-likeness (QED) is 0.834. The van der Waals surface area contributed by atoms with Gasteiger partial charge in [-0.2, -0.15) is 5.10 Å². The van der Waals surface area contributed by atoms with Crippen LogP contribution in [-0.2, 0) is 19.4 Å². The van der Waals surface area contributed by atoms with Crippen LogP contribution in [0.4, 0.5) is 0 Å². The maximum atomic E-state index is 12.0. The van der Waals surface area contributed by atoms with Gasteiger partial charge in [0.05, 0.1) is 18.8 Å². The minimum Gasteiger partial charge on any atom is -0.494 e. The Bertz CT molecular complexity index is 740. The van der Waals surface area contributed by atoms with Crippen molar-refractivity contribution in [3.63, 3.8) is 0 Å². The summed E-state index contributed by atoms with van der Waals surface area (Å²) in [7, 11) is 0. The van der Waals surface area contributed by atoms with Crippen LogP contribution < -0.4 is 15.0 Å². The van der Waals surface area contributed by atoms with Crippen molar-refractivity contribution < 1.29 is 14.6 Å². The molecule has 0 saturated carbocycles. The van der Waals surface area contributed by atoms with Gasteiger partial charge in [0, 0.05) is 6.07 Å². The first-order chi connectivity index (χ1) is 11.7. The van der Waals surface area contributed by atoms with E-state index >= 15 is 0 Å². The van der Waals surface area contributed by atoms with Gasteiger partial charge in [0.25, 0.3) is 5.56 Å². The highest BCUT2D eigenvalue weighted by Crippen LogP contribution is 2.18. The molecule has 1 heterocycles. The molecule has 0 spiro atoms. The lowest BCUT2D eigenvalue weighted by Gasteiger charge is -2.14. The number of aliphatic hydroxyl groups is 1. The van der Waals surface area contributed by atoms with Crippen molar-refractivity contribution in [3.05, 3.63) is 51.9 Å². The number of aliphatic hydroxyl groups excluding tert-OH is 1. The molecule has 0 fully saturated rings. The third-order valence-electron chi connectivity index (χ3n) is 3.98.